The Bertz CT molecular complexity index is 484. The monoisotopic (exact) mass is 247 g/mol. The van der Waals surface area contributed by atoms with Gasteiger partial charge < -0.3 is 11.1 Å². The number of rotatable bonds is 3. The van der Waals surface area contributed by atoms with E-state index in [0.717, 1.165) is 30.1 Å². The molecule has 1 aromatic heterocycles. The highest BCUT2D eigenvalue weighted by Crippen LogP contribution is 2.34. The molecule has 90 valence electrons. The highest BCUT2D eigenvalue weighted by Gasteiger charge is 2.33. The second kappa shape index (κ2) is 3.95. The van der Waals surface area contributed by atoms with Crippen LogP contribution in [0.15, 0.2) is 6.07 Å². The molecule has 3 N–H and O–H groups in total. The van der Waals surface area contributed by atoms with E-state index in [-0.39, 0.29) is 0 Å². The Balaban J connectivity index is 1.96. The lowest BCUT2D eigenvalue weighted by molar-refractivity contribution is 0.895. The quantitative estimate of drug-likeness (QED) is 0.802. The first-order valence-electron chi connectivity index (χ1n) is 6.24. The summed E-state index contributed by atoms with van der Waals surface area (Å²) < 4.78 is 0. The van der Waals surface area contributed by atoms with Gasteiger partial charge in [0, 0.05) is 11.7 Å². The van der Waals surface area contributed by atoms with Crippen LogP contribution in [0.25, 0.3) is 0 Å². The number of hydrogen-bond acceptors (Lipinski definition) is 3. The molecule has 17 heavy (non-hydrogen) atoms. The summed E-state index contributed by atoms with van der Waals surface area (Å²) in [7, 11) is 0. The predicted molar refractivity (Wildman–Crippen MR) is 73.3 cm³/mol. The van der Waals surface area contributed by atoms with Gasteiger partial charge in [-0.1, -0.05) is 19.1 Å². The fourth-order valence-electron chi connectivity index (χ4n) is 2.47. The van der Waals surface area contributed by atoms with Crippen molar-refractivity contribution in [2.75, 3.05) is 5.32 Å². The third kappa shape index (κ3) is 2.02. The van der Waals surface area contributed by atoms with Crippen molar-refractivity contribution < 1.29 is 0 Å². The van der Waals surface area contributed by atoms with Gasteiger partial charge >= 0.3 is 0 Å². The van der Waals surface area contributed by atoms with Gasteiger partial charge in [0.05, 0.1) is 5.56 Å². The zero-order valence-electron chi connectivity index (χ0n) is 9.99. The maximum Gasteiger partial charge on any atom is 0.136 e. The van der Waals surface area contributed by atoms with E-state index in [4.69, 9.17) is 22.9 Å². The number of anilines is 1. The number of aryl methyl sites for hydroxylation is 2. The van der Waals surface area contributed by atoms with Crippen LogP contribution >= 0.6 is 12.2 Å². The van der Waals surface area contributed by atoms with E-state index in [1.54, 1.807) is 0 Å². The molecular weight excluding hydrogens is 230 g/mol. The topological polar surface area (TPSA) is 50.9 Å². The van der Waals surface area contributed by atoms with Crippen molar-refractivity contribution in [3.63, 3.8) is 0 Å². The lowest BCUT2D eigenvalue weighted by atomic mass is 10.1. The molecule has 0 bridgehead atoms. The Morgan fingerprint density at radius 3 is 2.94 bits per heavy atom. The van der Waals surface area contributed by atoms with Gasteiger partial charge in [-0.2, -0.15) is 0 Å². The van der Waals surface area contributed by atoms with E-state index in [1.807, 2.05) is 0 Å². The van der Waals surface area contributed by atoms with Crippen LogP contribution in [0.3, 0.4) is 0 Å². The van der Waals surface area contributed by atoms with Crippen molar-refractivity contribution in [2.24, 2.45) is 11.7 Å². The summed E-state index contributed by atoms with van der Waals surface area (Å²) in [6.07, 6.45) is 4.61. The third-order valence-electron chi connectivity index (χ3n) is 3.75. The molecule has 4 heteroatoms. The van der Waals surface area contributed by atoms with Crippen LogP contribution in [0.1, 0.15) is 36.6 Å². The Kier molecular flexibility index (Phi) is 2.54. The molecule has 2 aliphatic carbocycles. The van der Waals surface area contributed by atoms with Crippen molar-refractivity contribution >= 4 is 23.0 Å². The number of hydrogen-bond donors (Lipinski definition) is 2. The molecule has 2 atom stereocenters. The Hall–Kier alpha value is -1.16. The minimum atomic E-state index is 0.447. The van der Waals surface area contributed by atoms with Crippen molar-refractivity contribution in [1.82, 2.24) is 4.98 Å². The Labute approximate surface area is 107 Å². The van der Waals surface area contributed by atoms with Gasteiger partial charge in [0.25, 0.3) is 0 Å². The molecule has 1 aromatic rings. The molecule has 0 amide bonds. The summed E-state index contributed by atoms with van der Waals surface area (Å²) in [5.74, 6) is 1.64. The number of nitrogens with one attached hydrogen (secondary N) is 1. The molecule has 3 nitrogen and oxygen atoms in total. The van der Waals surface area contributed by atoms with Crippen molar-refractivity contribution in [2.45, 2.75) is 38.6 Å². The molecule has 0 aliphatic heterocycles. The van der Waals surface area contributed by atoms with Gasteiger partial charge in [0.2, 0.25) is 0 Å². The molecule has 1 saturated carbocycles. The number of nitrogens with two attached hydrogens (primary N) is 1. The van der Waals surface area contributed by atoms with Crippen molar-refractivity contribution in [3.8, 4) is 0 Å². The van der Waals surface area contributed by atoms with Crippen LogP contribution in [0.4, 0.5) is 5.82 Å². The first-order chi connectivity index (χ1) is 8.15. The smallest absolute Gasteiger partial charge is 0.136 e. The average molecular weight is 247 g/mol. The van der Waals surface area contributed by atoms with Gasteiger partial charge in [0.15, 0.2) is 0 Å². The first-order valence-corrected chi connectivity index (χ1v) is 6.65. The summed E-state index contributed by atoms with van der Waals surface area (Å²) in [4.78, 5) is 5.16. The average Bonchev–Trinajstić information content (AvgIpc) is 2.78. The van der Waals surface area contributed by atoms with E-state index in [2.05, 4.69) is 18.3 Å². The zero-order chi connectivity index (χ0) is 12.0. The van der Waals surface area contributed by atoms with E-state index in [9.17, 15) is 0 Å². The summed E-state index contributed by atoms with van der Waals surface area (Å²) in [6.45, 7) is 2.24. The number of fused-ring (bicyclic) bond motifs is 1. The lowest BCUT2D eigenvalue weighted by Gasteiger charge is -2.12. The van der Waals surface area contributed by atoms with Crippen LogP contribution in [-0.2, 0) is 12.8 Å². The van der Waals surface area contributed by atoms with Gasteiger partial charge in [-0.05, 0) is 43.2 Å². The highest BCUT2D eigenvalue weighted by molar-refractivity contribution is 7.80. The second-order valence-corrected chi connectivity index (χ2v) is 5.61. The molecule has 2 aliphatic rings. The van der Waals surface area contributed by atoms with E-state index < -0.39 is 0 Å². The fourth-order valence-corrected chi connectivity index (χ4v) is 2.62. The molecule has 0 radical (unpaired) electrons. The predicted octanol–water partition coefficient (Wildman–Crippen LogP) is 2.02. The molecule has 1 heterocycles. The number of pyridine rings is 1. The van der Waals surface area contributed by atoms with Gasteiger partial charge in [-0.15, -0.1) is 0 Å². The third-order valence-corrected chi connectivity index (χ3v) is 3.97. The molecule has 0 spiro atoms. The number of thiocarbonyl (C=S) groups is 1. The maximum absolute atomic E-state index is 5.79. The van der Waals surface area contributed by atoms with Crippen LogP contribution in [0, 0.1) is 5.92 Å². The lowest BCUT2D eigenvalue weighted by Crippen LogP contribution is -2.17. The van der Waals surface area contributed by atoms with Gasteiger partial charge in [-0.3, -0.25) is 0 Å². The molecule has 3 rings (SSSR count). The number of aromatic nitrogens is 1. The summed E-state index contributed by atoms with van der Waals surface area (Å²) >= 11 is 5.12. The van der Waals surface area contributed by atoms with Gasteiger partial charge in [-0.25, -0.2) is 4.98 Å². The van der Waals surface area contributed by atoms with E-state index >= 15 is 0 Å². The summed E-state index contributed by atoms with van der Waals surface area (Å²) in [6, 6.07) is 2.68. The van der Waals surface area contributed by atoms with Crippen LogP contribution < -0.4 is 11.1 Å². The molecule has 2 unspecified atom stereocenters. The van der Waals surface area contributed by atoms with Crippen LogP contribution in [0.2, 0.25) is 0 Å². The largest absolute Gasteiger partial charge is 0.389 e. The van der Waals surface area contributed by atoms with Crippen LogP contribution in [-0.4, -0.2) is 16.0 Å². The minimum Gasteiger partial charge on any atom is -0.389 e. The molecular formula is C13H17N3S. The number of nitrogens with zero attached hydrogens (tertiary/aromatic N) is 1. The maximum atomic E-state index is 5.79. The normalized spacial score (nSPS) is 25.5. The van der Waals surface area contributed by atoms with Crippen molar-refractivity contribution in [3.05, 3.63) is 22.9 Å². The summed E-state index contributed by atoms with van der Waals surface area (Å²) in [5, 5.41) is 3.47. The van der Waals surface area contributed by atoms with Crippen LogP contribution in [0.5, 0.6) is 0 Å². The van der Waals surface area contributed by atoms with E-state index in [1.165, 1.54) is 24.1 Å². The van der Waals surface area contributed by atoms with Gasteiger partial charge in [0.1, 0.15) is 10.8 Å². The van der Waals surface area contributed by atoms with Crippen molar-refractivity contribution in [1.29, 1.82) is 0 Å². The first kappa shape index (κ1) is 11.0. The highest BCUT2D eigenvalue weighted by atomic mass is 32.1. The minimum absolute atomic E-state index is 0.447. The molecule has 0 saturated heterocycles. The Morgan fingerprint density at radius 2 is 2.29 bits per heavy atom. The molecule has 1 fully saturated rings. The standard InChI is InChI=1S/C13H17N3S/c1-7-5-11(7)16-13-9(12(14)17)6-8-3-2-4-10(8)15-13/h6-7,11H,2-5H2,1H3,(H2,14,17)(H,15,16). The summed E-state index contributed by atoms with van der Waals surface area (Å²) in [5.41, 5.74) is 9.25. The second-order valence-electron chi connectivity index (χ2n) is 5.17. The zero-order valence-corrected chi connectivity index (χ0v) is 10.8. The Morgan fingerprint density at radius 1 is 1.53 bits per heavy atom. The van der Waals surface area contributed by atoms with E-state index in [0.29, 0.717) is 11.0 Å². The SMILES string of the molecule is CC1CC1Nc1nc2c(cc1C(N)=S)CCC2. The fraction of sp³-hybridized carbons (Fsp3) is 0.538. The molecule has 0 aromatic carbocycles.